The van der Waals surface area contributed by atoms with Gasteiger partial charge in [0.15, 0.2) is 0 Å². The Morgan fingerprint density at radius 3 is 1.71 bits per heavy atom. The molecule has 0 unspecified atom stereocenters. The highest BCUT2D eigenvalue weighted by atomic mass is 31.2. The molecule has 0 aliphatic rings. The average Bonchev–Trinajstić information content (AvgIpc) is 2.79. The largest absolute Gasteiger partial charge is 0.508 e. The molecule has 35 heavy (non-hydrogen) atoms. The highest BCUT2D eigenvalue weighted by molar-refractivity contribution is 7.52. The lowest BCUT2D eigenvalue weighted by atomic mass is 10.4. The van der Waals surface area contributed by atoms with E-state index in [0.29, 0.717) is 0 Å². The minimum atomic E-state index is -4.13. The summed E-state index contributed by atoms with van der Waals surface area (Å²) in [4.78, 5) is 35.5. The van der Waals surface area contributed by atoms with Crippen molar-refractivity contribution in [3.8, 4) is 0 Å². The normalized spacial score (nSPS) is 11.5. The van der Waals surface area contributed by atoms with Gasteiger partial charge in [-0.2, -0.15) is 0 Å². The van der Waals surface area contributed by atoms with Crippen LogP contribution in [0.15, 0.2) is 4.76 Å². The van der Waals surface area contributed by atoms with Crippen LogP contribution in [-0.4, -0.2) is 89.0 Å². The Morgan fingerprint density at radius 2 is 1.26 bits per heavy atom. The van der Waals surface area contributed by atoms with Crippen LogP contribution in [0.3, 0.4) is 0 Å². The van der Waals surface area contributed by atoms with Crippen molar-refractivity contribution in [3.63, 3.8) is 0 Å². The Kier molecular flexibility index (Phi) is 18.3. The molecule has 0 aliphatic heterocycles. The third-order valence-electron chi connectivity index (χ3n) is 3.79. The van der Waals surface area contributed by atoms with Crippen molar-refractivity contribution >= 4 is 32.0 Å². The van der Waals surface area contributed by atoms with E-state index in [1.807, 2.05) is 6.92 Å². The molecule has 15 heteroatoms. The second-order valence-corrected chi connectivity index (χ2v) is 8.45. The molecular weight excluding hydrogens is 489 g/mol. The number of hydrogen-bond acceptors (Lipinski definition) is 11. The van der Waals surface area contributed by atoms with Crippen molar-refractivity contribution in [3.05, 3.63) is 0 Å². The van der Waals surface area contributed by atoms with E-state index in [4.69, 9.17) is 29.0 Å². The van der Waals surface area contributed by atoms with Gasteiger partial charge in [-0.25, -0.2) is 14.2 Å². The summed E-state index contributed by atoms with van der Waals surface area (Å²) in [5.74, 6) is -0.797. The topological polar surface area (TPSA) is 175 Å². The minimum absolute atomic E-state index is 0.0467. The molecule has 0 atom stereocenters. The third-order valence-corrected chi connectivity index (χ3v) is 5.26. The van der Waals surface area contributed by atoms with Crippen LogP contribution in [0, 0.1) is 0 Å². The van der Waals surface area contributed by atoms with Gasteiger partial charge in [-0.3, -0.25) is 13.8 Å². The minimum Gasteiger partial charge on any atom is -0.464 e. The van der Waals surface area contributed by atoms with Crippen LogP contribution < -0.4 is 5.73 Å². The van der Waals surface area contributed by atoms with Crippen molar-refractivity contribution in [2.24, 2.45) is 10.5 Å². The molecular formula is C20H38N3O11P. The van der Waals surface area contributed by atoms with Gasteiger partial charge in [0.2, 0.25) is 5.96 Å². The number of guanidine groups is 1. The number of carbonyl (C=O) groups excluding carboxylic acids is 3. The molecule has 0 fully saturated rings. The molecule has 0 aliphatic carbocycles. The maximum atomic E-state index is 13.1. The number of likely N-dealkylation sites (N-methyl/N-ethyl adjacent to an activating group) is 1. The van der Waals surface area contributed by atoms with Gasteiger partial charge in [0, 0.05) is 19.9 Å². The number of esters is 1. The van der Waals surface area contributed by atoms with Crippen molar-refractivity contribution < 1.29 is 51.7 Å². The summed E-state index contributed by atoms with van der Waals surface area (Å²) in [7, 11) is -2.66. The number of ether oxygens (including phenoxy) is 5. The fourth-order valence-electron chi connectivity index (χ4n) is 2.06. The first kappa shape index (κ1) is 32.4. The fraction of sp³-hybridized carbons (Fsp3) is 0.800. The van der Waals surface area contributed by atoms with E-state index in [1.54, 1.807) is 13.8 Å². The van der Waals surface area contributed by atoms with Crippen molar-refractivity contribution in [2.75, 3.05) is 59.8 Å². The Labute approximate surface area is 205 Å². The molecule has 0 heterocycles. The molecule has 0 amide bonds. The number of nitrogens with two attached hydrogens (primary N) is 1. The Morgan fingerprint density at radius 1 is 0.771 bits per heavy atom. The Hall–Kier alpha value is -2.57. The van der Waals surface area contributed by atoms with E-state index < -0.39 is 26.0 Å². The van der Waals surface area contributed by atoms with Gasteiger partial charge < -0.3 is 34.3 Å². The van der Waals surface area contributed by atoms with Gasteiger partial charge in [0.25, 0.3) is 0 Å². The van der Waals surface area contributed by atoms with Crippen LogP contribution >= 0.6 is 7.75 Å². The maximum absolute atomic E-state index is 13.1. The molecule has 0 aromatic rings. The highest BCUT2D eigenvalue weighted by Crippen LogP contribution is 2.50. The highest BCUT2D eigenvalue weighted by Gasteiger charge is 2.26. The first-order valence-electron chi connectivity index (χ1n) is 11.4. The van der Waals surface area contributed by atoms with E-state index >= 15 is 0 Å². The zero-order chi connectivity index (χ0) is 26.5. The van der Waals surface area contributed by atoms with Gasteiger partial charge in [0.1, 0.15) is 6.54 Å². The SMILES string of the molecule is CCCCOC(=O)CN(C)C(N)=NP(=O)(OCCCOC(=O)OCC)OCCCOC(=O)OCC. The van der Waals surface area contributed by atoms with Gasteiger partial charge in [-0.15, -0.1) is 4.76 Å². The molecule has 0 aromatic carbocycles. The lowest BCUT2D eigenvalue weighted by molar-refractivity contribution is -0.143. The number of rotatable bonds is 18. The summed E-state index contributed by atoms with van der Waals surface area (Å²) in [6, 6.07) is 0. The molecule has 0 rings (SSSR count). The van der Waals surface area contributed by atoms with Crippen LogP contribution in [0.4, 0.5) is 9.59 Å². The predicted octanol–water partition coefficient (Wildman–Crippen LogP) is 2.84. The van der Waals surface area contributed by atoms with Crippen LogP contribution in [0.25, 0.3) is 0 Å². The van der Waals surface area contributed by atoms with E-state index in [-0.39, 0.29) is 71.6 Å². The average molecular weight is 528 g/mol. The molecule has 2 N–H and O–H groups in total. The molecule has 204 valence electrons. The number of carbonyl (C=O) groups is 3. The zero-order valence-corrected chi connectivity index (χ0v) is 21.8. The van der Waals surface area contributed by atoms with E-state index in [9.17, 15) is 18.9 Å². The Balaban J connectivity index is 4.90. The predicted molar refractivity (Wildman–Crippen MR) is 125 cm³/mol. The monoisotopic (exact) mass is 527 g/mol. The molecule has 0 saturated heterocycles. The second kappa shape index (κ2) is 19.7. The van der Waals surface area contributed by atoms with E-state index in [2.05, 4.69) is 14.2 Å². The lowest BCUT2D eigenvalue weighted by Crippen LogP contribution is -2.38. The summed E-state index contributed by atoms with van der Waals surface area (Å²) >= 11 is 0. The third kappa shape index (κ3) is 17.5. The Bertz CT molecular complexity index is 674. The van der Waals surface area contributed by atoms with E-state index in [0.717, 1.165) is 12.8 Å². The quantitative estimate of drug-likeness (QED) is 0.0688. The van der Waals surface area contributed by atoms with E-state index in [1.165, 1.54) is 11.9 Å². The molecule has 14 nitrogen and oxygen atoms in total. The van der Waals surface area contributed by atoms with Gasteiger partial charge in [-0.1, -0.05) is 13.3 Å². The fourth-order valence-corrected chi connectivity index (χ4v) is 3.37. The summed E-state index contributed by atoms with van der Waals surface area (Å²) in [5, 5.41) is 0. The number of unbranched alkanes of at least 4 members (excludes halogenated alkanes) is 1. The van der Waals surface area contributed by atoms with Gasteiger partial charge in [-0.05, 0) is 20.3 Å². The summed E-state index contributed by atoms with van der Waals surface area (Å²) in [5.41, 5.74) is 5.88. The molecule has 0 aromatic heterocycles. The van der Waals surface area contributed by atoms with Crippen molar-refractivity contribution in [1.82, 2.24) is 4.90 Å². The number of nitrogens with zero attached hydrogens (tertiary/aromatic N) is 2. The van der Waals surface area contributed by atoms with Gasteiger partial charge >= 0.3 is 26.0 Å². The van der Waals surface area contributed by atoms with Crippen molar-refractivity contribution in [2.45, 2.75) is 46.5 Å². The maximum Gasteiger partial charge on any atom is 0.508 e. The van der Waals surface area contributed by atoms with Crippen molar-refractivity contribution in [1.29, 1.82) is 0 Å². The standard InChI is InChI=1S/C20H38N3O11P/c1-5-8-11-30-17(24)16-23(4)18(21)22-35(27,33-14-9-12-31-19(25)28-6-2)34-15-10-13-32-20(26)29-7-3/h5-16H2,1-4H3,(H2,21,22,27). The summed E-state index contributed by atoms with van der Waals surface area (Å²) in [6.45, 7) is 5.27. The van der Waals surface area contributed by atoms with Crippen LogP contribution in [-0.2, 0) is 42.1 Å². The summed E-state index contributed by atoms with van der Waals surface area (Å²) < 4.78 is 51.5. The molecule has 0 bridgehead atoms. The molecule has 0 spiro atoms. The lowest BCUT2D eigenvalue weighted by Gasteiger charge is -2.20. The number of hydrogen-bond donors (Lipinski definition) is 1. The smallest absolute Gasteiger partial charge is 0.464 e. The van der Waals surface area contributed by atoms with Gasteiger partial charge in [0.05, 0.1) is 46.2 Å². The summed E-state index contributed by atoms with van der Waals surface area (Å²) in [6.07, 6.45) is 0.294. The first-order chi connectivity index (χ1) is 16.7. The molecule has 0 saturated carbocycles. The van der Waals surface area contributed by atoms with Crippen LogP contribution in [0.1, 0.15) is 46.5 Å². The first-order valence-corrected chi connectivity index (χ1v) is 12.9. The second-order valence-electron chi connectivity index (χ2n) is 6.79. The van der Waals surface area contributed by atoms with Crippen LogP contribution in [0.5, 0.6) is 0 Å². The molecule has 0 radical (unpaired) electrons. The van der Waals surface area contributed by atoms with Crippen LogP contribution in [0.2, 0.25) is 0 Å². The zero-order valence-electron chi connectivity index (χ0n) is 20.9.